The van der Waals surface area contributed by atoms with Gasteiger partial charge in [-0.25, -0.2) is 4.98 Å². The number of nitrogens with zero attached hydrogens (tertiary/aromatic N) is 2. The molecule has 3 heteroatoms. The summed E-state index contributed by atoms with van der Waals surface area (Å²) in [4.78, 5) is 4.87. The van der Waals surface area contributed by atoms with Crippen molar-refractivity contribution in [1.82, 2.24) is 9.55 Å². The minimum absolute atomic E-state index is 0.764. The predicted molar refractivity (Wildman–Crippen MR) is 114 cm³/mol. The molecule has 3 nitrogen and oxygen atoms in total. The SMILES string of the molecule is CCCCc1nc2cc(N)ccc2n1Cc1cccc(-c2ccccc2)c1. The van der Waals surface area contributed by atoms with E-state index < -0.39 is 0 Å². The normalized spacial score (nSPS) is 11.1. The number of unbranched alkanes of at least 4 members (excludes halogenated alkanes) is 1. The zero-order chi connectivity index (χ0) is 18.6. The largest absolute Gasteiger partial charge is 0.399 e. The van der Waals surface area contributed by atoms with Crippen LogP contribution >= 0.6 is 0 Å². The van der Waals surface area contributed by atoms with E-state index in [0.29, 0.717) is 0 Å². The molecule has 1 heterocycles. The molecule has 2 N–H and O–H groups in total. The summed E-state index contributed by atoms with van der Waals surface area (Å²) in [6.45, 7) is 3.04. The molecule has 0 bridgehead atoms. The Kier molecular flexibility index (Phi) is 4.93. The predicted octanol–water partition coefficient (Wildman–Crippen LogP) is 5.68. The van der Waals surface area contributed by atoms with Crippen LogP contribution in [0.3, 0.4) is 0 Å². The van der Waals surface area contributed by atoms with Crippen LogP contribution in [0.4, 0.5) is 5.69 Å². The van der Waals surface area contributed by atoms with E-state index in [1.165, 1.54) is 16.7 Å². The summed E-state index contributed by atoms with van der Waals surface area (Å²) in [5, 5.41) is 0. The molecule has 0 aliphatic carbocycles. The third-order valence-electron chi connectivity index (χ3n) is 4.98. The number of aromatic nitrogens is 2. The van der Waals surface area contributed by atoms with Gasteiger partial charge in [0.05, 0.1) is 11.0 Å². The molecule has 0 saturated carbocycles. The molecule has 0 radical (unpaired) electrons. The number of hydrogen-bond acceptors (Lipinski definition) is 2. The molecule has 0 amide bonds. The van der Waals surface area contributed by atoms with E-state index in [2.05, 4.69) is 72.2 Å². The average molecular weight is 355 g/mol. The molecule has 4 aromatic rings. The van der Waals surface area contributed by atoms with Crippen molar-refractivity contribution in [2.75, 3.05) is 5.73 Å². The smallest absolute Gasteiger partial charge is 0.110 e. The first-order valence-corrected chi connectivity index (χ1v) is 9.63. The van der Waals surface area contributed by atoms with Crippen molar-refractivity contribution >= 4 is 16.7 Å². The highest BCUT2D eigenvalue weighted by Crippen LogP contribution is 2.24. The highest BCUT2D eigenvalue weighted by Gasteiger charge is 2.11. The first-order valence-electron chi connectivity index (χ1n) is 9.63. The van der Waals surface area contributed by atoms with Crippen LogP contribution in [0.1, 0.15) is 31.2 Å². The van der Waals surface area contributed by atoms with E-state index in [1.807, 2.05) is 12.1 Å². The van der Waals surface area contributed by atoms with Crippen LogP contribution in [0.2, 0.25) is 0 Å². The second-order valence-electron chi connectivity index (χ2n) is 7.03. The van der Waals surface area contributed by atoms with Crippen LogP contribution in [0.5, 0.6) is 0 Å². The second kappa shape index (κ2) is 7.67. The molecule has 0 aliphatic heterocycles. The highest BCUT2D eigenvalue weighted by atomic mass is 15.1. The van der Waals surface area contributed by atoms with Gasteiger partial charge in [-0.2, -0.15) is 0 Å². The zero-order valence-corrected chi connectivity index (χ0v) is 15.7. The van der Waals surface area contributed by atoms with Crippen LogP contribution in [0, 0.1) is 0 Å². The fourth-order valence-electron chi connectivity index (χ4n) is 3.56. The fraction of sp³-hybridized carbons (Fsp3) is 0.208. The van der Waals surface area contributed by atoms with E-state index in [0.717, 1.165) is 48.4 Å². The van der Waals surface area contributed by atoms with Crippen molar-refractivity contribution in [2.24, 2.45) is 0 Å². The summed E-state index contributed by atoms with van der Waals surface area (Å²) in [5.41, 5.74) is 12.6. The Hall–Kier alpha value is -3.07. The van der Waals surface area contributed by atoms with E-state index >= 15 is 0 Å². The monoisotopic (exact) mass is 355 g/mol. The van der Waals surface area contributed by atoms with Crippen LogP contribution in [0.25, 0.3) is 22.2 Å². The van der Waals surface area contributed by atoms with Gasteiger partial charge in [0, 0.05) is 18.7 Å². The quantitative estimate of drug-likeness (QED) is 0.452. The van der Waals surface area contributed by atoms with Crippen molar-refractivity contribution < 1.29 is 0 Å². The van der Waals surface area contributed by atoms with E-state index in [1.54, 1.807) is 0 Å². The van der Waals surface area contributed by atoms with Crippen molar-refractivity contribution in [3.05, 3.63) is 84.2 Å². The number of nitrogens with two attached hydrogens (primary N) is 1. The van der Waals surface area contributed by atoms with Gasteiger partial charge in [0.25, 0.3) is 0 Å². The van der Waals surface area contributed by atoms with E-state index in [9.17, 15) is 0 Å². The summed E-state index contributed by atoms with van der Waals surface area (Å²) in [6.07, 6.45) is 3.29. The number of aryl methyl sites for hydroxylation is 1. The van der Waals surface area contributed by atoms with Gasteiger partial charge in [0.15, 0.2) is 0 Å². The summed E-state index contributed by atoms with van der Waals surface area (Å²) in [6, 6.07) is 25.3. The van der Waals surface area contributed by atoms with Gasteiger partial charge >= 0.3 is 0 Å². The number of hydrogen-bond donors (Lipinski definition) is 1. The van der Waals surface area contributed by atoms with Crippen LogP contribution in [0.15, 0.2) is 72.8 Å². The maximum absolute atomic E-state index is 5.97. The average Bonchev–Trinajstić information content (AvgIpc) is 3.03. The number of imidazole rings is 1. The maximum atomic E-state index is 5.97. The summed E-state index contributed by atoms with van der Waals surface area (Å²) in [7, 11) is 0. The summed E-state index contributed by atoms with van der Waals surface area (Å²) >= 11 is 0. The van der Waals surface area contributed by atoms with Gasteiger partial charge in [-0.1, -0.05) is 61.9 Å². The topological polar surface area (TPSA) is 43.8 Å². The Morgan fingerprint density at radius 1 is 0.889 bits per heavy atom. The molecule has 1 aromatic heterocycles. The Labute approximate surface area is 160 Å². The lowest BCUT2D eigenvalue weighted by molar-refractivity contribution is 0.690. The lowest BCUT2D eigenvalue weighted by atomic mass is 10.0. The lowest BCUT2D eigenvalue weighted by Crippen LogP contribution is -2.05. The maximum Gasteiger partial charge on any atom is 0.110 e. The molecule has 3 aromatic carbocycles. The Morgan fingerprint density at radius 3 is 2.52 bits per heavy atom. The van der Waals surface area contributed by atoms with Crippen LogP contribution in [-0.4, -0.2) is 9.55 Å². The Balaban J connectivity index is 1.72. The lowest BCUT2D eigenvalue weighted by Gasteiger charge is -2.11. The molecular weight excluding hydrogens is 330 g/mol. The van der Waals surface area contributed by atoms with Gasteiger partial charge in [-0.05, 0) is 47.4 Å². The number of nitrogen functional groups attached to an aromatic ring is 1. The van der Waals surface area contributed by atoms with Gasteiger partial charge in [-0.15, -0.1) is 0 Å². The summed E-state index contributed by atoms with van der Waals surface area (Å²) < 4.78 is 2.34. The van der Waals surface area contributed by atoms with E-state index in [-0.39, 0.29) is 0 Å². The summed E-state index contributed by atoms with van der Waals surface area (Å²) in [5.74, 6) is 1.14. The van der Waals surface area contributed by atoms with Gasteiger partial charge in [-0.3, -0.25) is 0 Å². The molecule has 0 unspecified atom stereocenters. The molecule has 0 spiro atoms. The van der Waals surface area contributed by atoms with Gasteiger partial charge in [0.1, 0.15) is 5.82 Å². The molecule has 0 aliphatic rings. The Bertz CT molecular complexity index is 1050. The molecule has 27 heavy (non-hydrogen) atoms. The van der Waals surface area contributed by atoms with E-state index in [4.69, 9.17) is 10.7 Å². The van der Waals surface area contributed by atoms with Crippen molar-refractivity contribution in [1.29, 1.82) is 0 Å². The molecule has 0 atom stereocenters. The van der Waals surface area contributed by atoms with Crippen LogP contribution < -0.4 is 5.73 Å². The van der Waals surface area contributed by atoms with Crippen molar-refractivity contribution in [2.45, 2.75) is 32.7 Å². The molecular formula is C24H25N3. The minimum Gasteiger partial charge on any atom is -0.399 e. The fourth-order valence-corrected chi connectivity index (χ4v) is 3.56. The number of fused-ring (bicyclic) bond motifs is 1. The van der Waals surface area contributed by atoms with Crippen molar-refractivity contribution in [3.8, 4) is 11.1 Å². The second-order valence-corrected chi connectivity index (χ2v) is 7.03. The third-order valence-corrected chi connectivity index (χ3v) is 4.98. The number of anilines is 1. The van der Waals surface area contributed by atoms with Gasteiger partial charge in [0.2, 0.25) is 0 Å². The first kappa shape index (κ1) is 17.3. The third kappa shape index (κ3) is 3.72. The highest BCUT2D eigenvalue weighted by molar-refractivity contribution is 5.80. The number of benzene rings is 3. The zero-order valence-electron chi connectivity index (χ0n) is 15.7. The minimum atomic E-state index is 0.764. The van der Waals surface area contributed by atoms with Crippen molar-refractivity contribution in [3.63, 3.8) is 0 Å². The first-order chi connectivity index (χ1) is 13.2. The molecule has 136 valence electrons. The van der Waals surface area contributed by atoms with Crippen LogP contribution in [-0.2, 0) is 13.0 Å². The molecule has 0 fully saturated rings. The Morgan fingerprint density at radius 2 is 1.70 bits per heavy atom. The molecule has 4 rings (SSSR count). The standard InChI is InChI=1S/C24H25N3/c1-2-3-12-24-26-22-16-21(25)13-14-23(22)27(24)17-18-8-7-11-20(15-18)19-9-5-4-6-10-19/h4-11,13-16H,2-3,12,17,25H2,1H3. The molecule has 0 saturated heterocycles. The van der Waals surface area contributed by atoms with Gasteiger partial charge < -0.3 is 10.3 Å². The number of rotatable bonds is 6.